The van der Waals surface area contributed by atoms with E-state index in [2.05, 4.69) is 50.3 Å². The van der Waals surface area contributed by atoms with E-state index in [0.29, 0.717) is 12.8 Å². The van der Waals surface area contributed by atoms with Crippen molar-refractivity contribution in [3.63, 3.8) is 0 Å². The van der Waals surface area contributed by atoms with Crippen LogP contribution in [0, 0.1) is 0 Å². The van der Waals surface area contributed by atoms with Gasteiger partial charge in [-0.25, -0.2) is 4.57 Å². The third kappa shape index (κ3) is 49.9. The van der Waals surface area contributed by atoms with Gasteiger partial charge < -0.3 is 24.6 Å². The maximum Gasteiger partial charge on any atom is 0.472 e. The van der Waals surface area contributed by atoms with Gasteiger partial charge in [-0.2, -0.15) is 0 Å². The molecule has 0 saturated carbocycles. The molecule has 0 spiro atoms. The number of aliphatic hydroxyl groups is 2. The first-order valence-electron chi connectivity index (χ1n) is 26.9. The van der Waals surface area contributed by atoms with Crippen molar-refractivity contribution in [3.8, 4) is 0 Å². The molecule has 65 heavy (non-hydrogen) atoms. The summed E-state index contributed by atoms with van der Waals surface area (Å²) in [7, 11) is -4.63. The number of hydrogen-bond acceptors (Lipinski definition) is 9. The minimum absolute atomic E-state index is 0.180. The Labute approximate surface area is 399 Å². The van der Waals surface area contributed by atoms with Crippen molar-refractivity contribution in [2.24, 2.45) is 0 Å². The predicted octanol–water partition coefficient (Wildman–Crippen LogP) is 15.5. The Morgan fingerprint density at radius 2 is 0.800 bits per heavy atom. The topological polar surface area (TPSA) is 149 Å². The van der Waals surface area contributed by atoms with Gasteiger partial charge in [0.05, 0.1) is 19.8 Å². The maximum absolute atomic E-state index is 12.7. The van der Waals surface area contributed by atoms with E-state index in [1.54, 1.807) is 0 Å². The van der Waals surface area contributed by atoms with Gasteiger partial charge in [0, 0.05) is 12.8 Å². The van der Waals surface area contributed by atoms with Crippen LogP contribution in [-0.2, 0) is 32.7 Å². The summed E-state index contributed by atoms with van der Waals surface area (Å²) < 4.78 is 32.9. The Morgan fingerprint density at radius 1 is 0.462 bits per heavy atom. The summed E-state index contributed by atoms with van der Waals surface area (Å²) >= 11 is 0. The molecule has 3 unspecified atom stereocenters. The summed E-state index contributed by atoms with van der Waals surface area (Å²) in [6.07, 6.45) is 55.4. The highest BCUT2D eigenvalue weighted by molar-refractivity contribution is 7.47. The van der Waals surface area contributed by atoms with Crippen LogP contribution in [0.1, 0.15) is 258 Å². The monoisotopic (exact) mass is 941 g/mol. The van der Waals surface area contributed by atoms with Crippen molar-refractivity contribution in [2.75, 3.05) is 26.4 Å². The van der Waals surface area contributed by atoms with Gasteiger partial charge in [-0.15, -0.1) is 0 Å². The van der Waals surface area contributed by atoms with Crippen molar-refractivity contribution >= 4 is 19.8 Å². The van der Waals surface area contributed by atoms with Crippen molar-refractivity contribution in [3.05, 3.63) is 36.5 Å². The van der Waals surface area contributed by atoms with Crippen LogP contribution in [-0.4, -0.2) is 65.7 Å². The molecule has 0 aliphatic rings. The predicted molar refractivity (Wildman–Crippen MR) is 270 cm³/mol. The Morgan fingerprint density at radius 3 is 1.23 bits per heavy atom. The molecule has 10 nitrogen and oxygen atoms in total. The summed E-state index contributed by atoms with van der Waals surface area (Å²) in [5.74, 6) is -0.920. The molecule has 3 N–H and O–H groups in total. The molecule has 0 fully saturated rings. The Balaban J connectivity index is 4.13. The van der Waals surface area contributed by atoms with Crippen LogP contribution in [0.25, 0.3) is 0 Å². The summed E-state index contributed by atoms with van der Waals surface area (Å²) in [5, 5.41) is 18.4. The summed E-state index contributed by atoms with van der Waals surface area (Å²) in [6, 6.07) is 0. The molecule has 0 radical (unpaired) electrons. The first kappa shape index (κ1) is 63.2. The average molecular weight is 941 g/mol. The molecule has 382 valence electrons. The summed E-state index contributed by atoms with van der Waals surface area (Å²) in [6.45, 7) is 2.40. The number of rotatable bonds is 51. The van der Waals surface area contributed by atoms with Gasteiger partial charge in [0.2, 0.25) is 0 Å². The van der Waals surface area contributed by atoms with Crippen molar-refractivity contribution in [1.29, 1.82) is 0 Å². The zero-order valence-corrected chi connectivity index (χ0v) is 42.9. The third-order valence-electron chi connectivity index (χ3n) is 11.8. The number of hydrogen-bond donors (Lipinski definition) is 3. The smallest absolute Gasteiger partial charge is 0.462 e. The number of phosphoric ester groups is 1. The lowest BCUT2D eigenvalue weighted by Gasteiger charge is -2.20. The van der Waals surface area contributed by atoms with Crippen molar-refractivity contribution < 1.29 is 47.8 Å². The van der Waals surface area contributed by atoms with Gasteiger partial charge in [0.1, 0.15) is 12.7 Å². The SMILES string of the molecule is CCCCC/C=C\C/C=C\CCCCCCCCCCCC(=O)OC(COC(=O)CCCCCCCCCCCCC/C=C\CCCCCCCCCC)COP(=O)(O)OCC(O)CO. The van der Waals surface area contributed by atoms with Crippen LogP contribution in [0.3, 0.4) is 0 Å². The minimum atomic E-state index is -4.63. The first-order valence-corrected chi connectivity index (χ1v) is 28.4. The molecular formula is C54H101O10P. The zero-order chi connectivity index (χ0) is 47.6. The Hall–Kier alpha value is -1.81. The van der Waals surface area contributed by atoms with E-state index in [0.717, 1.165) is 51.4 Å². The number of ether oxygens (including phenoxy) is 2. The number of aliphatic hydroxyl groups excluding tert-OH is 2. The molecule has 0 aliphatic carbocycles. The molecule has 0 amide bonds. The Bertz CT molecular complexity index is 1170. The van der Waals surface area contributed by atoms with Gasteiger partial charge in [0.25, 0.3) is 0 Å². The zero-order valence-electron chi connectivity index (χ0n) is 42.0. The van der Waals surface area contributed by atoms with Crippen LogP contribution in [0.5, 0.6) is 0 Å². The highest BCUT2D eigenvalue weighted by Gasteiger charge is 2.27. The van der Waals surface area contributed by atoms with Crippen LogP contribution < -0.4 is 0 Å². The lowest BCUT2D eigenvalue weighted by Crippen LogP contribution is -2.29. The molecule has 0 bridgehead atoms. The normalized spacial score (nSPS) is 13.9. The van der Waals surface area contributed by atoms with Crippen LogP contribution >= 0.6 is 7.82 Å². The average Bonchev–Trinajstić information content (AvgIpc) is 3.30. The van der Waals surface area contributed by atoms with E-state index < -0.39 is 51.8 Å². The van der Waals surface area contributed by atoms with Crippen LogP contribution in [0.15, 0.2) is 36.5 Å². The van der Waals surface area contributed by atoms with Crippen LogP contribution in [0.4, 0.5) is 0 Å². The molecule has 0 aromatic rings. The molecule has 3 atom stereocenters. The fourth-order valence-corrected chi connectivity index (χ4v) is 8.40. The Kier molecular flexibility index (Phi) is 48.7. The molecule has 0 aromatic heterocycles. The van der Waals surface area contributed by atoms with Crippen LogP contribution in [0.2, 0.25) is 0 Å². The number of carbonyl (C=O) groups excluding carboxylic acids is 2. The largest absolute Gasteiger partial charge is 0.472 e. The van der Waals surface area contributed by atoms with Gasteiger partial charge >= 0.3 is 19.8 Å². The molecule has 0 saturated heterocycles. The third-order valence-corrected chi connectivity index (χ3v) is 12.7. The summed E-state index contributed by atoms with van der Waals surface area (Å²) in [4.78, 5) is 35.2. The lowest BCUT2D eigenvalue weighted by molar-refractivity contribution is -0.161. The first-order chi connectivity index (χ1) is 31.7. The molecule has 0 aliphatic heterocycles. The number of esters is 2. The van der Waals surface area contributed by atoms with Gasteiger partial charge in [-0.1, -0.05) is 211 Å². The van der Waals surface area contributed by atoms with E-state index in [1.165, 1.54) is 167 Å². The van der Waals surface area contributed by atoms with Gasteiger partial charge in [-0.05, 0) is 70.6 Å². The van der Waals surface area contributed by atoms with Gasteiger partial charge in [-0.3, -0.25) is 18.6 Å². The van der Waals surface area contributed by atoms with E-state index >= 15 is 0 Å². The highest BCUT2D eigenvalue weighted by atomic mass is 31.2. The van der Waals surface area contributed by atoms with Crippen molar-refractivity contribution in [2.45, 2.75) is 270 Å². The molecule has 0 aromatic carbocycles. The molecule has 11 heteroatoms. The summed E-state index contributed by atoms with van der Waals surface area (Å²) in [5.41, 5.74) is 0. The number of unbranched alkanes of at least 4 members (excludes halogenated alkanes) is 31. The quantitative estimate of drug-likeness (QED) is 0.0233. The number of carbonyl (C=O) groups is 2. The fourth-order valence-electron chi connectivity index (χ4n) is 7.61. The van der Waals surface area contributed by atoms with Crippen molar-refractivity contribution in [1.82, 2.24) is 0 Å². The van der Waals surface area contributed by atoms with E-state index in [1.807, 2.05) is 0 Å². The second-order valence-electron chi connectivity index (χ2n) is 18.2. The highest BCUT2D eigenvalue weighted by Crippen LogP contribution is 2.43. The van der Waals surface area contributed by atoms with E-state index in [-0.39, 0.29) is 19.4 Å². The standard InChI is InChI=1S/C54H101O10P/c1-3-5-7-9-11-13-15-17-19-21-23-24-25-26-28-29-31-33-35-37-39-41-43-45-53(57)61-49-52(50-63-65(59,60)62-48-51(56)47-55)64-54(58)46-44-42-40-38-36-34-32-30-27-22-20-18-16-14-12-10-8-6-4-2/h12,14,18,20-21,23,51-52,55-56H,3-11,13,15-17,19,22,24-50H2,1-2H3,(H,59,60)/b14-12-,20-18-,23-21-. The number of phosphoric acid groups is 1. The maximum atomic E-state index is 12.7. The van der Waals surface area contributed by atoms with E-state index in [9.17, 15) is 24.2 Å². The van der Waals surface area contributed by atoms with Gasteiger partial charge in [0.15, 0.2) is 6.10 Å². The van der Waals surface area contributed by atoms with E-state index in [4.69, 9.17) is 23.6 Å². The number of allylic oxidation sites excluding steroid dienone is 6. The lowest BCUT2D eigenvalue weighted by atomic mass is 10.0. The second kappa shape index (κ2) is 50.1. The molecule has 0 heterocycles. The fraction of sp³-hybridized carbons (Fsp3) is 0.852. The second-order valence-corrected chi connectivity index (χ2v) is 19.7. The minimum Gasteiger partial charge on any atom is -0.462 e. The molecular weight excluding hydrogens is 840 g/mol. The molecule has 0 rings (SSSR count).